The number of hydrogen-bond acceptors (Lipinski definition) is 4. The zero-order valence-corrected chi connectivity index (χ0v) is 15.1. The highest BCUT2D eigenvalue weighted by Gasteiger charge is 2.16. The molecule has 0 radical (unpaired) electrons. The maximum Gasteiger partial charge on any atom is 0.200 e. The Kier molecular flexibility index (Phi) is 8.22. The maximum atomic E-state index is 14.2. The van der Waals surface area contributed by atoms with E-state index in [4.69, 9.17) is 26.2 Å². The molecule has 2 rings (SSSR count). The standard InChI is InChI=1S/C19H20ClF3O4/c20-8-14(24)10-26-16-4-1-12(2-5-16)7-13-3-6-17(19(23)18(13)22)27-11-15(25)9-21/h1-6,14-15,24-25H,7-11H2. The van der Waals surface area contributed by atoms with Gasteiger partial charge in [0.2, 0.25) is 5.82 Å². The van der Waals surface area contributed by atoms with Gasteiger partial charge in [-0.3, -0.25) is 0 Å². The van der Waals surface area contributed by atoms with Gasteiger partial charge in [-0.1, -0.05) is 18.2 Å². The van der Waals surface area contributed by atoms with Crippen LogP contribution in [-0.4, -0.2) is 48.2 Å². The lowest BCUT2D eigenvalue weighted by atomic mass is 10.0. The van der Waals surface area contributed by atoms with E-state index in [-0.39, 0.29) is 30.2 Å². The lowest BCUT2D eigenvalue weighted by Gasteiger charge is -2.12. The highest BCUT2D eigenvalue weighted by molar-refractivity contribution is 6.18. The van der Waals surface area contributed by atoms with Crippen molar-refractivity contribution in [3.63, 3.8) is 0 Å². The van der Waals surface area contributed by atoms with E-state index < -0.39 is 37.1 Å². The number of hydrogen-bond donors (Lipinski definition) is 2. The molecule has 0 saturated carbocycles. The van der Waals surface area contributed by atoms with Gasteiger partial charge in [-0.25, -0.2) is 8.78 Å². The fraction of sp³-hybridized carbons (Fsp3) is 0.368. The van der Waals surface area contributed by atoms with E-state index in [1.807, 2.05) is 0 Å². The summed E-state index contributed by atoms with van der Waals surface area (Å²) in [5, 5.41) is 18.4. The average molecular weight is 405 g/mol. The molecule has 2 aromatic rings. The molecule has 2 aromatic carbocycles. The van der Waals surface area contributed by atoms with Crippen molar-refractivity contribution >= 4 is 11.6 Å². The molecular weight excluding hydrogens is 385 g/mol. The molecule has 148 valence electrons. The van der Waals surface area contributed by atoms with Gasteiger partial charge < -0.3 is 19.7 Å². The summed E-state index contributed by atoms with van der Waals surface area (Å²) in [5.41, 5.74) is 0.845. The Bertz CT molecular complexity index is 728. The fourth-order valence-corrected chi connectivity index (χ4v) is 2.30. The van der Waals surface area contributed by atoms with Crippen molar-refractivity contribution in [3.05, 3.63) is 59.2 Å². The van der Waals surface area contributed by atoms with Gasteiger partial charge in [0, 0.05) is 6.42 Å². The van der Waals surface area contributed by atoms with Crippen molar-refractivity contribution in [3.8, 4) is 11.5 Å². The van der Waals surface area contributed by atoms with Gasteiger partial charge in [-0.05, 0) is 29.3 Å². The van der Waals surface area contributed by atoms with Gasteiger partial charge in [0.1, 0.15) is 37.8 Å². The molecule has 0 aromatic heterocycles. The normalized spacial score (nSPS) is 13.3. The second-order valence-electron chi connectivity index (χ2n) is 5.91. The van der Waals surface area contributed by atoms with Crippen LogP contribution in [0.15, 0.2) is 36.4 Å². The van der Waals surface area contributed by atoms with Crippen molar-refractivity contribution in [1.29, 1.82) is 0 Å². The van der Waals surface area contributed by atoms with Crippen LogP contribution in [0.4, 0.5) is 13.2 Å². The third kappa shape index (κ3) is 6.30. The Hall–Kier alpha value is -1.96. The second-order valence-corrected chi connectivity index (χ2v) is 6.22. The summed E-state index contributed by atoms with van der Waals surface area (Å²) in [6.07, 6.45) is -2.02. The van der Waals surface area contributed by atoms with Crippen LogP contribution < -0.4 is 9.47 Å². The number of alkyl halides is 2. The Morgan fingerprint density at radius 2 is 1.56 bits per heavy atom. The molecule has 0 amide bonds. The second kappa shape index (κ2) is 10.4. The zero-order chi connectivity index (χ0) is 19.8. The molecule has 0 bridgehead atoms. The van der Waals surface area contributed by atoms with Crippen LogP contribution >= 0.6 is 11.6 Å². The van der Waals surface area contributed by atoms with Crippen LogP contribution in [0.2, 0.25) is 0 Å². The van der Waals surface area contributed by atoms with Crippen LogP contribution in [0.3, 0.4) is 0 Å². The maximum absolute atomic E-state index is 14.2. The molecule has 2 atom stereocenters. The van der Waals surface area contributed by atoms with Crippen LogP contribution in [-0.2, 0) is 6.42 Å². The Balaban J connectivity index is 2.01. The minimum absolute atomic E-state index is 0.0568. The molecule has 0 aliphatic carbocycles. The van der Waals surface area contributed by atoms with Gasteiger partial charge in [0.25, 0.3) is 0 Å². The summed E-state index contributed by atoms with van der Waals surface area (Å²) in [7, 11) is 0. The van der Waals surface area contributed by atoms with Crippen LogP contribution in [0.1, 0.15) is 11.1 Å². The first-order valence-electron chi connectivity index (χ1n) is 8.24. The average Bonchev–Trinajstić information content (AvgIpc) is 2.69. The van der Waals surface area contributed by atoms with Gasteiger partial charge >= 0.3 is 0 Å². The summed E-state index contributed by atoms with van der Waals surface area (Å²) in [5.74, 6) is -2.05. The van der Waals surface area contributed by atoms with Gasteiger partial charge in [-0.15, -0.1) is 11.6 Å². The molecule has 2 N–H and O–H groups in total. The van der Waals surface area contributed by atoms with Crippen molar-refractivity contribution in [2.45, 2.75) is 18.6 Å². The topological polar surface area (TPSA) is 58.9 Å². The van der Waals surface area contributed by atoms with Crippen LogP contribution in [0, 0.1) is 11.6 Å². The summed E-state index contributed by atoms with van der Waals surface area (Å²) >= 11 is 5.48. The van der Waals surface area contributed by atoms with E-state index in [1.54, 1.807) is 24.3 Å². The van der Waals surface area contributed by atoms with E-state index in [9.17, 15) is 18.3 Å². The summed E-state index contributed by atoms with van der Waals surface area (Å²) in [4.78, 5) is 0. The van der Waals surface area contributed by atoms with Crippen molar-refractivity contribution < 1.29 is 32.9 Å². The molecule has 0 fully saturated rings. The number of aliphatic hydroxyl groups excluding tert-OH is 2. The van der Waals surface area contributed by atoms with Gasteiger partial charge in [-0.2, -0.15) is 4.39 Å². The minimum Gasteiger partial charge on any atom is -0.491 e. The summed E-state index contributed by atoms with van der Waals surface area (Å²) in [6, 6.07) is 9.31. The number of halogens is 4. The zero-order valence-electron chi connectivity index (χ0n) is 14.4. The number of ether oxygens (including phenoxy) is 2. The smallest absolute Gasteiger partial charge is 0.200 e. The third-order valence-electron chi connectivity index (χ3n) is 3.67. The Labute approximate surface area is 160 Å². The first-order valence-corrected chi connectivity index (χ1v) is 8.77. The quantitative estimate of drug-likeness (QED) is 0.597. The van der Waals surface area contributed by atoms with Crippen LogP contribution in [0.25, 0.3) is 0 Å². The lowest BCUT2D eigenvalue weighted by molar-refractivity contribution is 0.0820. The van der Waals surface area contributed by atoms with E-state index in [2.05, 4.69) is 0 Å². The first-order chi connectivity index (χ1) is 12.9. The highest BCUT2D eigenvalue weighted by Crippen LogP contribution is 2.25. The monoisotopic (exact) mass is 404 g/mol. The summed E-state index contributed by atoms with van der Waals surface area (Å²) in [6.45, 7) is -1.44. The number of rotatable bonds is 10. The lowest BCUT2D eigenvalue weighted by Crippen LogP contribution is -2.20. The largest absolute Gasteiger partial charge is 0.491 e. The predicted octanol–water partition coefficient (Wildman–Crippen LogP) is 3.24. The Morgan fingerprint density at radius 1 is 0.889 bits per heavy atom. The predicted molar refractivity (Wildman–Crippen MR) is 95.3 cm³/mol. The molecule has 0 spiro atoms. The SMILES string of the molecule is OC(CCl)COc1ccc(Cc2ccc(OCC(O)CF)c(F)c2F)cc1. The van der Waals surface area contributed by atoms with E-state index in [0.717, 1.165) is 5.56 Å². The van der Waals surface area contributed by atoms with Crippen molar-refractivity contribution in [2.24, 2.45) is 0 Å². The molecule has 0 heterocycles. The molecule has 4 nitrogen and oxygen atoms in total. The minimum atomic E-state index is -1.39. The van der Waals surface area contributed by atoms with Gasteiger partial charge in [0.15, 0.2) is 11.6 Å². The fourth-order valence-electron chi connectivity index (χ4n) is 2.21. The first kappa shape index (κ1) is 21.3. The molecule has 0 saturated heterocycles. The number of aliphatic hydroxyl groups is 2. The molecule has 2 unspecified atom stereocenters. The van der Waals surface area contributed by atoms with Crippen LogP contribution in [0.5, 0.6) is 11.5 Å². The molecule has 0 aliphatic heterocycles. The Morgan fingerprint density at radius 3 is 2.19 bits per heavy atom. The van der Waals surface area contributed by atoms with E-state index in [1.165, 1.54) is 12.1 Å². The van der Waals surface area contributed by atoms with Crippen molar-refractivity contribution in [2.75, 3.05) is 25.8 Å². The van der Waals surface area contributed by atoms with Gasteiger partial charge in [0.05, 0.1) is 5.88 Å². The van der Waals surface area contributed by atoms with E-state index in [0.29, 0.717) is 5.75 Å². The molecular formula is C19H20ClF3O4. The van der Waals surface area contributed by atoms with Crippen molar-refractivity contribution in [1.82, 2.24) is 0 Å². The molecule has 0 aliphatic rings. The highest BCUT2D eigenvalue weighted by atomic mass is 35.5. The third-order valence-corrected chi connectivity index (χ3v) is 4.03. The number of benzene rings is 2. The summed E-state index contributed by atoms with van der Waals surface area (Å²) < 4.78 is 50.7. The molecule has 27 heavy (non-hydrogen) atoms. The van der Waals surface area contributed by atoms with E-state index >= 15 is 0 Å². The molecule has 8 heteroatoms.